The molecule has 0 radical (unpaired) electrons. The number of hydrogen-bond donors (Lipinski definition) is 3. The Morgan fingerprint density at radius 1 is 1.13 bits per heavy atom. The van der Waals surface area contributed by atoms with E-state index < -0.39 is 17.7 Å². The van der Waals surface area contributed by atoms with Crippen molar-refractivity contribution < 1.29 is 28.8 Å². The number of carbonyl (C=O) groups excluding carboxylic acids is 3. The van der Waals surface area contributed by atoms with Crippen molar-refractivity contribution in [2.75, 3.05) is 46.0 Å². The van der Waals surface area contributed by atoms with E-state index in [1.165, 1.54) is 4.90 Å². The molecule has 1 amide bonds. The third kappa shape index (κ3) is 5.39. The highest BCUT2D eigenvalue weighted by molar-refractivity contribution is 6.43. The summed E-state index contributed by atoms with van der Waals surface area (Å²) in [4.78, 5) is 42.5. The summed E-state index contributed by atoms with van der Waals surface area (Å²) in [5, 5.41) is 2.71. The molecule has 1 aromatic carbocycles. The van der Waals surface area contributed by atoms with Crippen molar-refractivity contribution in [3.05, 3.63) is 46.8 Å². The number of carbonyl (C=O) groups is 3. The molecule has 0 saturated carbocycles. The number of rotatable bonds is 8. The van der Waals surface area contributed by atoms with Gasteiger partial charge < -0.3 is 24.7 Å². The first-order valence-electron chi connectivity index (χ1n) is 10.6. The topological polar surface area (TPSA) is 102 Å². The van der Waals surface area contributed by atoms with Gasteiger partial charge in [0.1, 0.15) is 18.8 Å². The molecule has 0 bridgehead atoms. The van der Waals surface area contributed by atoms with Crippen LogP contribution in [0.1, 0.15) is 39.0 Å². The molecule has 8 heteroatoms. The number of quaternary nitrogens is 1. The number of ketones is 1. The maximum atomic E-state index is 13.0. The smallest absolute Gasteiger partial charge is 0.340 e. The Balaban J connectivity index is 1.84. The minimum Gasteiger partial charge on any atom is -0.462 e. The fraction of sp³-hybridized carbons (Fsp3) is 0.435. The van der Waals surface area contributed by atoms with Crippen LogP contribution < -0.4 is 10.2 Å². The van der Waals surface area contributed by atoms with Gasteiger partial charge in [-0.15, -0.1) is 0 Å². The zero-order valence-electron chi connectivity index (χ0n) is 18.3. The van der Waals surface area contributed by atoms with Crippen molar-refractivity contribution in [1.29, 1.82) is 0 Å². The monoisotopic (exact) mass is 428 g/mol. The molecule has 2 aromatic rings. The molecule has 0 atom stereocenters. The summed E-state index contributed by atoms with van der Waals surface area (Å²) in [5.41, 5.74) is 2.98. The van der Waals surface area contributed by atoms with Crippen LogP contribution in [0.4, 0.5) is 0 Å². The second kappa shape index (κ2) is 10.4. The molecule has 3 rings (SSSR count). The summed E-state index contributed by atoms with van der Waals surface area (Å²) in [6.45, 7) is 9.90. The number of H-pyrrole nitrogens is 1. The van der Waals surface area contributed by atoms with Crippen molar-refractivity contribution in [3.63, 3.8) is 0 Å². The van der Waals surface area contributed by atoms with Gasteiger partial charge in [0.2, 0.25) is 0 Å². The van der Waals surface area contributed by atoms with E-state index in [1.807, 2.05) is 31.2 Å². The van der Waals surface area contributed by atoms with Crippen LogP contribution in [-0.4, -0.2) is 68.6 Å². The maximum absolute atomic E-state index is 13.0. The van der Waals surface area contributed by atoms with E-state index in [1.54, 1.807) is 13.8 Å². The lowest BCUT2D eigenvalue weighted by molar-refractivity contribution is -0.906. The Kier molecular flexibility index (Phi) is 7.59. The van der Waals surface area contributed by atoms with Crippen LogP contribution in [0.25, 0.3) is 11.1 Å². The Morgan fingerprint density at radius 2 is 1.81 bits per heavy atom. The fourth-order valence-electron chi connectivity index (χ4n) is 3.72. The number of amides is 1. The van der Waals surface area contributed by atoms with Crippen LogP contribution in [0.3, 0.4) is 0 Å². The van der Waals surface area contributed by atoms with Crippen LogP contribution in [0.15, 0.2) is 24.3 Å². The van der Waals surface area contributed by atoms with Crippen molar-refractivity contribution in [2.45, 2.75) is 20.8 Å². The largest absolute Gasteiger partial charge is 0.462 e. The molecule has 2 heterocycles. The van der Waals surface area contributed by atoms with E-state index in [9.17, 15) is 14.4 Å². The third-order valence-electron chi connectivity index (χ3n) is 5.40. The molecule has 1 fully saturated rings. The summed E-state index contributed by atoms with van der Waals surface area (Å²) < 4.78 is 10.5. The Morgan fingerprint density at radius 3 is 2.45 bits per heavy atom. The summed E-state index contributed by atoms with van der Waals surface area (Å²) >= 11 is 0. The number of aromatic amines is 1. The molecule has 1 saturated heterocycles. The fourth-order valence-corrected chi connectivity index (χ4v) is 3.72. The number of morpholine rings is 1. The molecule has 0 spiro atoms. The Hall–Kier alpha value is -2.97. The number of nitrogens with one attached hydrogen (secondary N) is 3. The molecule has 1 aliphatic heterocycles. The van der Waals surface area contributed by atoms with Crippen LogP contribution in [0.5, 0.6) is 0 Å². The van der Waals surface area contributed by atoms with Gasteiger partial charge in [0, 0.05) is 11.3 Å². The van der Waals surface area contributed by atoms with Crippen LogP contribution >= 0.6 is 0 Å². The first kappa shape index (κ1) is 22.7. The van der Waals surface area contributed by atoms with Gasteiger partial charge in [-0.05, 0) is 26.3 Å². The Labute approximate surface area is 181 Å². The second-order valence-corrected chi connectivity index (χ2v) is 7.66. The summed E-state index contributed by atoms with van der Waals surface area (Å²) in [6, 6.07) is 7.45. The first-order valence-corrected chi connectivity index (χ1v) is 10.6. The van der Waals surface area contributed by atoms with E-state index in [2.05, 4.69) is 10.3 Å². The van der Waals surface area contributed by atoms with E-state index >= 15 is 0 Å². The number of esters is 1. The number of aryl methyl sites for hydroxylation is 2. The van der Waals surface area contributed by atoms with Gasteiger partial charge >= 0.3 is 5.97 Å². The number of benzene rings is 1. The Bertz CT molecular complexity index is 943. The van der Waals surface area contributed by atoms with E-state index in [-0.39, 0.29) is 17.9 Å². The van der Waals surface area contributed by atoms with Gasteiger partial charge in [-0.2, -0.15) is 0 Å². The van der Waals surface area contributed by atoms with Gasteiger partial charge in [0.05, 0.1) is 38.5 Å². The van der Waals surface area contributed by atoms with Crippen molar-refractivity contribution >= 4 is 17.7 Å². The maximum Gasteiger partial charge on any atom is 0.340 e. The van der Waals surface area contributed by atoms with Crippen LogP contribution in [0, 0.1) is 13.8 Å². The SMILES string of the molecule is CCOC(=O)c1c(C)[nH]c(C(=O)C(=O)NCC[NH+]2CCOCC2)c1-c1ccc(C)cc1. The predicted molar refractivity (Wildman–Crippen MR) is 115 cm³/mol. The highest BCUT2D eigenvalue weighted by Crippen LogP contribution is 2.31. The highest BCUT2D eigenvalue weighted by Gasteiger charge is 2.29. The molecule has 166 valence electrons. The minimum atomic E-state index is -0.703. The first-order chi connectivity index (χ1) is 14.9. The van der Waals surface area contributed by atoms with Crippen LogP contribution in [-0.2, 0) is 14.3 Å². The van der Waals surface area contributed by atoms with Crippen molar-refractivity contribution in [2.24, 2.45) is 0 Å². The van der Waals surface area contributed by atoms with Crippen molar-refractivity contribution in [3.8, 4) is 11.1 Å². The zero-order valence-corrected chi connectivity index (χ0v) is 18.3. The second-order valence-electron chi connectivity index (χ2n) is 7.66. The quantitative estimate of drug-likeness (QED) is 0.326. The van der Waals surface area contributed by atoms with Gasteiger partial charge in [-0.1, -0.05) is 29.8 Å². The average Bonchev–Trinajstić information content (AvgIpc) is 3.11. The number of Topliss-reactive ketones (excluding diaryl/α,β-unsaturated/α-hetero) is 1. The molecule has 31 heavy (non-hydrogen) atoms. The van der Waals surface area contributed by atoms with Gasteiger partial charge in [-0.3, -0.25) is 9.59 Å². The number of hydrogen-bond acceptors (Lipinski definition) is 5. The van der Waals surface area contributed by atoms with E-state index in [0.717, 1.165) is 25.2 Å². The summed E-state index contributed by atoms with van der Waals surface area (Å²) in [6.07, 6.45) is 0. The third-order valence-corrected chi connectivity index (χ3v) is 5.40. The van der Waals surface area contributed by atoms with Gasteiger partial charge in [0.15, 0.2) is 0 Å². The lowest BCUT2D eigenvalue weighted by Crippen LogP contribution is -3.14. The molecule has 0 unspecified atom stereocenters. The molecule has 0 aliphatic carbocycles. The lowest BCUT2D eigenvalue weighted by Gasteiger charge is -2.23. The van der Waals surface area contributed by atoms with Crippen molar-refractivity contribution in [1.82, 2.24) is 10.3 Å². The molecule has 1 aliphatic rings. The molecular weight excluding hydrogens is 398 g/mol. The highest BCUT2D eigenvalue weighted by atomic mass is 16.5. The average molecular weight is 429 g/mol. The van der Waals surface area contributed by atoms with Crippen LogP contribution in [0.2, 0.25) is 0 Å². The molecular formula is C23H30N3O5+. The number of ether oxygens (including phenoxy) is 2. The van der Waals surface area contributed by atoms with Gasteiger partial charge in [-0.25, -0.2) is 4.79 Å². The molecule has 1 aromatic heterocycles. The molecule has 8 nitrogen and oxygen atoms in total. The lowest BCUT2D eigenvalue weighted by atomic mass is 9.97. The van der Waals surface area contributed by atoms with Gasteiger partial charge in [0.25, 0.3) is 11.7 Å². The zero-order chi connectivity index (χ0) is 22.4. The van der Waals surface area contributed by atoms with E-state index in [0.29, 0.717) is 36.6 Å². The normalized spacial score (nSPS) is 14.3. The number of aromatic nitrogens is 1. The molecule has 3 N–H and O–H groups in total. The predicted octanol–water partition coefficient (Wildman–Crippen LogP) is 0.689. The summed E-state index contributed by atoms with van der Waals surface area (Å²) in [5.74, 6) is -1.92. The standard InChI is InChI=1S/C23H29N3O5/c1-4-31-23(29)18-16(3)25-20(19(18)17-7-5-15(2)6-8-17)21(27)22(28)24-9-10-26-11-13-30-14-12-26/h5-8,25H,4,9-14H2,1-3H3,(H,24,28)/p+1. The minimum absolute atomic E-state index is 0.0978. The summed E-state index contributed by atoms with van der Waals surface area (Å²) in [7, 11) is 0. The van der Waals surface area contributed by atoms with E-state index in [4.69, 9.17) is 9.47 Å².